The molecule has 120 valence electrons. The van der Waals surface area contributed by atoms with Gasteiger partial charge in [-0.1, -0.05) is 35.0 Å². The Bertz CT molecular complexity index is 672. The third kappa shape index (κ3) is 5.73. The summed E-state index contributed by atoms with van der Waals surface area (Å²) < 4.78 is 0.993. The number of hydrazine groups is 1. The third-order valence-electron chi connectivity index (χ3n) is 3.12. The summed E-state index contributed by atoms with van der Waals surface area (Å²) in [5, 5.41) is 0. The van der Waals surface area contributed by atoms with Crippen LogP contribution in [0.25, 0.3) is 0 Å². The molecule has 2 aromatic rings. The maximum atomic E-state index is 11.9. The fraction of sp³-hybridized carbons (Fsp3) is 0.176. The topological polar surface area (TPSA) is 58.2 Å². The lowest BCUT2D eigenvalue weighted by molar-refractivity contribution is -0.119. The Morgan fingerprint density at radius 3 is 2.26 bits per heavy atom. The lowest BCUT2D eigenvalue weighted by Gasteiger charge is -2.08. The second kappa shape index (κ2) is 8.74. The maximum absolute atomic E-state index is 11.9. The minimum absolute atomic E-state index is 0.233. The van der Waals surface area contributed by atoms with Crippen LogP contribution in [0.4, 0.5) is 0 Å². The number of nitrogens with one attached hydrogen (secondary N) is 2. The molecule has 0 atom stereocenters. The second-order valence-electron chi connectivity index (χ2n) is 4.80. The predicted octanol–water partition coefficient (Wildman–Crippen LogP) is 3.56. The third-order valence-corrected chi connectivity index (χ3v) is 4.66. The molecular formula is C17H17BrN2O2S. The first-order chi connectivity index (χ1) is 11.1. The van der Waals surface area contributed by atoms with Crippen molar-refractivity contribution in [3.63, 3.8) is 0 Å². The highest BCUT2D eigenvalue weighted by Crippen LogP contribution is 2.20. The van der Waals surface area contributed by atoms with E-state index in [-0.39, 0.29) is 17.6 Å². The number of carbonyl (C=O) groups is 2. The van der Waals surface area contributed by atoms with Gasteiger partial charge in [-0.3, -0.25) is 20.4 Å². The Balaban J connectivity index is 1.76. The standard InChI is InChI=1S/C17H17BrN2O2S/c1-2-12-3-5-13(6-4-12)17(22)20-19-16(21)11-23-15-9-7-14(18)8-10-15/h3-10H,2,11H2,1H3,(H,19,21)(H,20,22). The van der Waals surface area contributed by atoms with Gasteiger partial charge in [0.25, 0.3) is 5.91 Å². The highest BCUT2D eigenvalue weighted by atomic mass is 79.9. The fourth-order valence-electron chi connectivity index (χ4n) is 1.81. The highest BCUT2D eigenvalue weighted by molar-refractivity contribution is 9.10. The van der Waals surface area contributed by atoms with Crippen LogP contribution >= 0.6 is 27.7 Å². The van der Waals surface area contributed by atoms with E-state index in [0.29, 0.717) is 5.56 Å². The zero-order valence-corrected chi connectivity index (χ0v) is 15.0. The van der Waals surface area contributed by atoms with E-state index in [9.17, 15) is 9.59 Å². The van der Waals surface area contributed by atoms with Gasteiger partial charge in [0.2, 0.25) is 5.91 Å². The first-order valence-corrected chi connectivity index (χ1v) is 8.93. The largest absolute Gasteiger partial charge is 0.272 e. The number of hydrogen-bond donors (Lipinski definition) is 2. The van der Waals surface area contributed by atoms with E-state index in [4.69, 9.17) is 0 Å². The normalized spacial score (nSPS) is 10.2. The van der Waals surface area contributed by atoms with Gasteiger partial charge in [0, 0.05) is 14.9 Å². The lowest BCUT2D eigenvalue weighted by atomic mass is 10.1. The van der Waals surface area contributed by atoms with Gasteiger partial charge < -0.3 is 0 Å². The molecule has 6 heteroatoms. The van der Waals surface area contributed by atoms with Crippen LogP contribution in [0.1, 0.15) is 22.8 Å². The first-order valence-electron chi connectivity index (χ1n) is 7.15. The smallest absolute Gasteiger partial charge is 0.269 e. The molecule has 2 N–H and O–H groups in total. The molecule has 4 nitrogen and oxygen atoms in total. The number of rotatable bonds is 5. The number of benzene rings is 2. The van der Waals surface area contributed by atoms with E-state index >= 15 is 0 Å². The van der Waals surface area contributed by atoms with Crippen LogP contribution in [0.2, 0.25) is 0 Å². The molecule has 2 rings (SSSR count). The van der Waals surface area contributed by atoms with Crippen molar-refractivity contribution in [3.8, 4) is 0 Å². The summed E-state index contributed by atoms with van der Waals surface area (Å²) in [6.07, 6.45) is 0.923. The summed E-state index contributed by atoms with van der Waals surface area (Å²) in [4.78, 5) is 24.7. The van der Waals surface area contributed by atoms with Crippen LogP contribution in [0, 0.1) is 0 Å². The average Bonchev–Trinajstić information content (AvgIpc) is 2.59. The Kier molecular flexibility index (Phi) is 6.67. The van der Waals surface area contributed by atoms with E-state index in [1.54, 1.807) is 12.1 Å². The summed E-state index contributed by atoms with van der Waals surface area (Å²) in [6, 6.07) is 15.0. The van der Waals surface area contributed by atoms with Gasteiger partial charge in [-0.15, -0.1) is 11.8 Å². The molecule has 0 aliphatic heterocycles. The average molecular weight is 393 g/mol. The summed E-state index contributed by atoms with van der Waals surface area (Å²) in [6.45, 7) is 2.05. The van der Waals surface area contributed by atoms with Crippen molar-refractivity contribution in [1.29, 1.82) is 0 Å². The molecule has 0 saturated heterocycles. The highest BCUT2D eigenvalue weighted by Gasteiger charge is 2.07. The molecule has 2 amide bonds. The van der Waals surface area contributed by atoms with Gasteiger partial charge >= 0.3 is 0 Å². The molecule has 2 aromatic carbocycles. The van der Waals surface area contributed by atoms with E-state index in [1.807, 2.05) is 36.4 Å². The van der Waals surface area contributed by atoms with Gasteiger partial charge in [0.05, 0.1) is 5.75 Å². The molecule has 0 saturated carbocycles. The van der Waals surface area contributed by atoms with Gasteiger partial charge in [0.15, 0.2) is 0 Å². The van der Waals surface area contributed by atoms with Gasteiger partial charge in [-0.2, -0.15) is 0 Å². The number of halogens is 1. The monoisotopic (exact) mass is 392 g/mol. The van der Waals surface area contributed by atoms with E-state index in [0.717, 1.165) is 21.4 Å². The first kappa shape index (κ1) is 17.6. The zero-order chi connectivity index (χ0) is 16.7. The zero-order valence-electron chi connectivity index (χ0n) is 12.6. The van der Waals surface area contributed by atoms with Crippen molar-refractivity contribution in [2.45, 2.75) is 18.2 Å². The van der Waals surface area contributed by atoms with Crippen LogP contribution in [0.15, 0.2) is 57.9 Å². The lowest BCUT2D eigenvalue weighted by Crippen LogP contribution is -2.42. The Morgan fingerprint density at radius 2 is 1.65 bits per heavy atom. The Labute approximate surface area is 148 Å². The number of amides is 2. The van der Waals surface area contributed by atoms with Crippen LogP contribution in [-0.2, 0) is 11.2 Å². The van der Waals surface area contributed by atoms with Crippen molar-refractivity contribution < 1.29 is 9.59 Å². The number of aryl methyl sites for hydroxylation is 1. The van der Waals surface area contributed by atoms with Gasteiger partial charge in [-0.05, 0) is 48.4 Å². The molecule has 0 fully saturated rings. The molecule has 0 aromatic heterocycles. The summed E-state index contributed by atoms with van der Waals surface area (Å²) in [5.74, 6) is -0.345. The molecule has 0 unspecified atom stereocenters. The molecule has 23 heavy (non-hydrogen) atoms. The van der Waals surface area contributed by atoms with Crippen LogP contribution in [0.5, 0.6) is 0 Å². The number of thioether (sulfide) groups is 1. The molecular weight excluding hydrogens is 376 g/mol. The van der Waals surface area contributed by atoms with Crippen LogP contribution in [-0.4, -0.2) is 17.6 Å². The molecule has 0 heterocycles. The number of hydrogen-bond acceptors (Lipinski definition) is 3. The van der Waals surface area contributed by atoms with Gasteiger partial charge in [-0.25, -0.2) is 0 Å². The van der Waals surface area contributed by atoms with Gasteiger partial charge in [0.1, 0.15) is 0 Å². The molecule has 0 aliphatic rings. The minimum atomic E-state index is -0.324. The molecule has 0 radical (unpaired) electrons. The Hall–Kier alpha value is -1.79. The van der Waals surface area contributed by atoms with Crippen LogP contribution in [0.3, 0.4) is 0 Å². The van der Waals surface area contributed by atoms with Crippen molar-refractivity contribution >= 4 is 39.5 Å². The molecule has 0 bridgehead atoms. The second-order valence-corrected chi connectivity index (χ2v) is 6.76. The minimum Gasteiger partial charge on any atom is -0.272 e. The quantitative estimate of drug-likeness (QED) is 0.603. The van der Waals surface area contributed by atoms with E-state index < -0.39 is 0 Å². The Morgan fingerprint density at radius 1 is 1.00 bits per heavy atom. The van der Waals surface area contributed by atoms with Crippen molar-refractivity contribution in [1.82, 2.24) is 10.9 Å². The van der Waals surface area contributed by atoms with E-state index in [2.05, 4.69) is 33.7 Å². The summed E-state index contributed by atoms with van der Waals surface area (Å²) in [7, 11) is 0. The SMILES string of the molecule is CCc1ccc(C(=O)NNC(=O)CSc2ccc(Br)cc2)cc1. The summed E-state index contributed by atoms with van der Waals surface area (Å²) >= 11 is 4.77. The van der Waals surface area contributed by atoms with Crippen molar-refractivity contribution in [3.05, 3.63) is 64.1 Å². The molecule has 0 spiro atoms. The fourth-order valence-corrected chi connectivity index (χ4v) is 2.77. The van der Waals surface area contributed by atoms with Crippen molar-refractivity contribution in [2.24, 2.45) is 0 Å². The van der Waals surface area contributed by atoms with Crippen molar-refractivity contribution in [2.75, 3.05) is 5.75 Å². The molecule has 0 aliphatic carbocycles. The summed E-state index contributed by atoms with van der Waals surface area (Å²) in [5.41, 5.74) is 6.52. The number of carbonyl (C=O) groups excluding carboxylic acids is 2. The van der Waals surface area contributed by atoms with E-state index in [1.165, 1.54) is 11.8 Å². The van der Waals surface area contributed by atoms with Crippen LogP contribution < -0.4 is 10.9 Å². The maximum Gasteiger partial charge on any atom is 0.269 e. The predicted molar refractivity (Wildman–Crippen MR) is 96.3 cm³/mol.